The van der Waals surface area contributed by atoms with Gasteiger partial charge in [-0.2, -0.15) is 0 Å². The molecule has 194 valence electrons. The number of amides is 2. The molecule has 8 aliphatic carbocycles. The summed E-state index contributed by atoms with van der Waals surface area (Å²) in [6.07, 6.45) is 14.8. The van der Waals surface area contributed by atoms with E-state index in [4.69, 9.17) is 4.98 Å². The van der Waals surface area contributed by atoms with Crippen LogP contribution in [-0.4, -0.2) is 37.8 Å². The Kier molecular flexibility index (Phi) is 4.06. The van der Waals surface area contributed by atoms with E-state index in [1.54, 1.807) is 0 Å². The Morgan fingerprint density at radius 3 is 1.92 bits per heavy atom. The van der Waals surface area contributed by atoms with Crippen LogP contribution in [0.2, 0.25) is 0 Å². The molecule has 11 rings (SSSR count). The van der Waals surface area contributed by atoms with Crippen molar-refractivity contribution in [1.29, 1.82) is 0 Å². The maximum absolute atomic E-state index is 14.8. The Morgan fingerprint density at radius 2 is 1.38 bits per heavy atom. The molecular formula is C31H38N4O2. The van der Waals surface area contributed by atoms with Crippen LogP contribution in [-0.2, 0) is 15.1 Å². The van der Waals surface area contributed by atoms with Crippen LogP contribution in [0.25, 0.3) is 11.0 Å². The minimum Gasteiger partial charge on any atom is -0.348 e. The topological polar surface area (TPSA) is 78.1 Å². The van der Waals surface area contributed by atoms with Crippen molar-refractivity contribution in [3.05, 3.63) is 30.1 Å². The fourth-order valence-electron chi connectivity index (χ4n) is 11.7. The van der Waals surface area contributed by atoms with E-state index in [9.17, 15) is 9.59 Å². The van der Waals surface area contributed by atoms with Crippen LogP contribution >= 0.6 is 0 Å². The second-order valence-corrected chi connectivity index (χ2v) is 14.7. The number of likely N-dealkylation sites (tertiary alicyclic amines) is 1. The number of nitrogens with zero attached hydrogens (tertiary/aromatic N) is 2. The molecule has 9 aliphatic rings. The second-order valence-electron chi connectivity index (χ2n) is 14.7. The first kappa shape index (κ1) is 21.6. The Labute approximate surface area is 218 Å². The van der Waals surface area contributed by atoms with Gasteiger partial charge in [-0.05, 0) is 125 Å². The fourth-order valence-corrected chi connectivity index (χ4v) is 11.7. The number of para-hydroxylation sites is 2. The third-order valence-electron chi connectivity index (χ3n) is 12.1. The second kappa shape index (κ2) is 6.98. The smallest absolute Gasteiger partial charge is 0.254 e. The van der Waals surface area contributed by atoms with Gasteiger partial charge in [0.05, 0.1) is 17.5 Å². The molecule has 9 fully saturated rings. The molecule has 1 unspecified atom stereocenters. The van der Waals surface area contributed by atoms with Crippen LogP contribution in [0.4, 0.5) is 0 Å². The number of imidazole rings is 1. The minimum atomic E-state index is -1.01. The number of rotatable bonds is 4. The van der Waals surface area contributed by atoms with Gasteiger partial charge < -0.3 is 15.2 Å². The number of hydrogen-bond donors (Lipinski definition) is 2. The number of aromatic nitrogens is 2. The van der Waals surface area contributed by atoms with Gasteiger partial charge in [0.2, 0.25) is 5.91 Å². The van der Waals surface area contributed by atoms with Gasteiger partial charge in [-0.25, -0.2) is 4.98 Å². The molecule has 0 radical (unpaired) electrons. The number of H-pyrrole nitrogens is 1. The molecule has 1 saturated heterocycles. The van der Waals surface area contributed by atoms with Crippen molar-refractivity contribution in [2.75, 3.05) is 0 Å². The highest BCUT2D eigenvalue weighted by atomic mass is 16.2. The standard InChI is InChI=1S/C31H38N4O2/c36-26-17-31(27-32-24-3-1-2-4-25(24)33-27,35(26)30-14-21-8-22(15-30)10-23(9-21)16-30)28(37)34-29-11-18-5-19(12-29)7-20(6-18)13-29/h1-4,18-23H,5-17H2,(H,32,33)(H,34,37). The Hall–Kier alpha value is -2.37. The molecule has 2 aromatic rings. The van der Waals surface area contributed by atoms with Crippen LogP contribution < -0.4 is 5.32 Å². The predicted molar refractivity (Wildman–Crippen MR) is 139 cm³/mol. The summed E-state index contributed by atoms with van der Waals surface area (Å²) >= 11 is 0. The quantitative estimate of drug-likeness (QED) is 0.580. The number of carbonyl (C=O) groups is 2. The summed E-state index contributed by atoms with van der Waals surface area (Å²) in [7, 11) is 0. The maximum atomic E-state index is 14.8. The maximum Gasteiger partial charge on any atom is 0.254 e. The van der Waals surface area contributed by atoms with E-state index in [1.807, 2.05) is 24.3 Å². The molecule has 1 aromatic carbocycles. The van der Waals surface area contributed by atoms with Gasteiger partial charge in [0.25, 0.3) is 5.91 Å². The van der Waals surface area contributed by atoms with Crippen LogP contribution in [0.1, 0.15) is 89.3 Å². The van der Waals surface area contributed by atoms with Gasteiger partial charge in [0.1, 0.15) is 5.82 Å². The lowest BCUT2D eigenvalue weighted by atomic mass is 9.51. The number of carbonyl (C=O) groups excluding carboxylic acids is 2. The molecule has 0 spiro atoms. The summed E-state index contributed by atoms with van der Waals surface area (Å²) in [5.74, 6) is 5.29. The molecule has 1 aliphatic heterocycles. The lowest BCUT2D eigenvalue weighted by Crippen LogP contribution is -2.78. The molecule has 1 aromatic heterocycles. The average Bonchev–Trinajstić information content (AvgIpc) is 3.24. The molecule has 37 heavy (non-hydrogen) atoms. The zero-order chi connectivity index (χ0) is 24.6. The molecule has 1 atom stereocenters. The van der Waals surface area contributed by atoms with Crippen molar-refractivity contribution in [2.24, 2.45) is 35.5 Å². The fraction of sp³-hybridized carbons (Fsp3) is 0.710. The van der Waals surface area contributed by atoms with Crippen molar-refractivity contribution < 1.29 is 9.59 Å². The van der Waals surface area contributed by atoms with E-state index in [2.05, 4.69) is 15.2 Å². The number of hydrogen-bond acceptors (Lipinski definition) is 3. The molecule has 8 bridgehead atoms. The van der Waals surface area contributed by atoms with Crippen LogP contribution in [0.5, 0.6) is 0 Å². The lowest BCUT2D eigenvalue weighted by molar-refractivity contribution is -0.202. The number of nitrogens with one attached hydrogen (secondary N) is 2. The van der Waals surface area contributed by atoms with E-state index >= 15 is 0 Å². The largest absolute Gasteiger partial charge is 0.348 e. The molecular weight excluding hydrogens is 460 g/mol. The first-order chi connectivity index (χ1) is 17.9. The first-order valence-corrected chi connectivity index (χ1v) is 15.0. The first-order valence-electron chi connectivity index (χ1n) is 15.0. The third kappa shape index (κ3) is 2.85. The van der Waals surface area contributed by atoms with Crippen LogP contribution in [0.3, 0.4) is 0 Å². The van der Waals surface area contributed by atoms with Gasteiger partial charge >= 0.3 is 0 Å². The highest BCUT2D eigenvalue weighted by Crippen LogP contribution is 2.63. The molecule has 8 saturated carbocycles. The van der Waals surface area contributed by atoms with Crippen molar-refractivity contribution in [3.63, 3.8) is 0 Å². The van der Waals surface area contributed by atoms with E-state index in [1.165, 1.54) is 38.5 Å². The SMILES string of the molecule is O=C1CC(C(=O)NC23CC4CC(CC(C4)C2)C3)(c2nc3ccccc3[nH]2)N1C12CC3CC(CC(C3)C1)C2. The van der Waals surface area contributed by atoms with Gasteiger partial charge in [0, 0.05) is 11.1 Å². The highest BCUT2D eigenvalue weighted by Gasteiger charge is 2.69. The van der Waals surface area contributed by atoms with Gasteiger partial charge in [0.15, 0.2) is 5.54 Å². The van der Waals surface area contributed by atoms with Gasteiger partial charge in [-0.1, -0.05) is 12.1 Å². The molecule has 6 heteroatoms. The van der Waals surface area contributed by atoms with Gasteiger partial charge in [-0.3, -0.25) is 9.59 Å². The number of fused-ring (bicyclic) bond motifs is 1. The van der Waals surface area contributed by atoms with E-state index < -0.39 is 5.54 Å². The summed E-state index contributed by atoms with van der Waals surface area (Å²) in [5, 5.41) is 3.70. The zero-order valence-corrected chi connectivity index (χ0v) is 21.7. The van der Waals surface area contributed by atoms with E-state index in [0.29, 0.717) is 23.6 Å². The lowest BCUT2D eigenvalue weighted by Gasteiger charge is -2.67. The van der Waals surface area contributed by atoms with Crippen LogP contribution in [0, 0.1) is 35.5 Å². The summed E-state index contributed by atoms with van der Waals surface area (Å²) in [5.41, 5.74) is 0.553. The minimum absolute atomic E-state index is 0.0452. The van der Waals surface area contributed by atoms with E-state index in [-0.39, 0.29) is 29.3 Å². The van der Waals surface area contributed by atoms with Crippen molar-refractivity contribution in [3.8, 4) is 0 Å². The number of benzene rings is 1. The number of aromatic amines is 1. The third-order valence-corrected chi connectivity index (χ3v) is 12.1. The monoisotopic (exact) mass is 498 g/mol. The molecule has 2 amide bonds. The average molecular weight is 499 g/mol. The predicted octanol–water partition coefficient (Wildman–Crippen LogP) is 5.04. The summed E-state index contributed by atoms with van der Waals surface area (Å²) < 4.78 is 0. The highest BCUT2D eigenvalue weighted by molar-refractivity contribution is 6.02. The Morgan fingerprint density at radius 1 is 0.838 bits per heavy atom. The normalized spacial score (nSPS) is 47.0. The van der Waals surface area contributed by atoms with Crippen LogP contribution in [0.15, 0.2) is 24.3 Å². The molecule has 2 N–H and O–H groups in total. The van der Waals surface area contributed by atoms with Gasteiger partial charge in [-0.15, -0.1) is 0 Å². The Bertz CT molecular complexity index is 1220. The summed E-state index contributed by atoms with van der Waals surface area (Å²) in [6.45, 7) is 0. The Balaban J connectivity index is 1.15. The summed E-state index contributed by atoms with van der Waals surface area (Å²) in [4.78, 5) is 39.2. The van der Waals surface area contributed by atoms with Crippen molar-refractivity contribution >= 4 is 22.8 Å². The summed E-state index contributed by atoms with van der Waals surface area (Å²) in [6, 6.07) is 8.05. The van der Waals surface area contributed by atoms with E-state index in [0.717, 1.165) is 67.3 Å². The number of β-lactam (4-membered cyclic amide) rings is 1. The molecule has 6 nitrogen and oxygen atoms in total. The van der Waals surface area contributed by atoms with Crippen molar-refractivity contribution in [1.82, 2.24) is 20.2 Å². The van der Waals surface area contributed by atoms with Crippen molar-refractivity contribution in [2.45, 2.75) is 100 Å². The zero-order valence-electron chi connectivity index (χ0n) is 21.7. The molecule has 2 heterocycles.